The minimum absolute atomic E-state index is 0.204. The van der Waals surface area contributed by atoms with E-state index in [2.05, 4.69) is 0 Å². The summed E-state index contributed by atoms with van der Waals surface area (Å²) in [4.78, 5) is 39.7. The number of ether oxygens (including phenoxy) is 3. The molecule has 0 aromatic carbocycles. The standard InChI is InChI=1S/C20H21NO6S/c1-10-7-15(26-18(10)23)25-9-13-12-8-14-11(5-6-28-14)16(12)21(17(13)22)19(24)27-20(2,3)4/h5-7,9,12,15-16H,8H2,1-4H3/b13-9+/t12-,15-,16-/m1/s1. The van der Waals surface area contributed by atoms with E-state index in [9.17, 15) is 14.4 Å². The molecule has 28 heavy (non-hydrogen) atoms. The van der Waals surface area contributed by atoms with Gasteiger partial charge in [0.05, 0.1) is 17.9 Å². The second-order valence-corrected chi connectivity index (χ2v) is 9.04. The van der Waals surface area contributed by atoms with Crippen molar-refractivity contribution in [2.45, 2.75) is 52.0 Å². The number of nitrogens with zero attached hydrogens (tertiary/aromatic N) is 1. The van der Waals surface area contributed by atoms with E-state index < -0.39 is 35.9 Å². The molecular formula is C20H21NO6S. The van der Waals surface area contributed by atoms with Gasteiger partial charge in [0.15, 0.2) is 0 Å². The average molecular weight is 403 g/mol. The normalized spacial score (nSPS) is 27.6. The highest BCUT2D eigenvalue weighted by atomic mass is 32.1. The fourth-order valence-electron chi connectivity index (χ4n) is 3.69. The zero-order chi connectivity index (χ0) is 20.2. The number of imide groups is 1. The fourth-order valence-corrected chi connectivity index (χ4v) is 4.67. The number of fused-ring (bicyclic) bond motifs is 3. The van der Waals surface area contributed by atoms with Crippen LogP contribution in [0.2, 0.25) is 0 Å². The monoisotopic (exact) mass is 403 g/mol. The first-order valence-electron chi connectivity index (χ1n) is 9.03. The Morgan fingerprint density at radius 3 is 2.75 bits per heavy atom. The van der Waals surface area contributed by atoms with Gasteiger partial charge in [0, 0.05) is 22.4 Å². The molecule has 3 atom stereocenters. The van der Waals surface area contributed by atoms with Crippen LogP contribution in [0.3, 0.4) is 0 Å². The number of hydrogen-bond acceptors (Lipinski definition) is 7. The number of esters is 1. The first-order valence-corrected chi connectivity index (χ1v) is 9.91. The lowest BCUT2D eigenvalue weighted by atomic mass is 9.97. The summed E-state index contributed by atoms with van der Waals surface area (Å²) in [6.07, 6.45) is 1.99. The lowest BCUT2D eigenvalue weighted by molar-refractivity contribution is -0.152. The Morgan fingerprint density at radius 2 is 2.11 bits per heavy atom. The maximum absolute atomic E-state index is 13.1. The second kappa shape index (κ2) is 6.48. The van der Waals surface area contributed by atoms with Crippen molar-refractivity contribution in [3.63, 3.8) is 0 Å². The van der Waals surface area contributed by atoms with Crippen molar-refractivity contribution in [2.24, 2.45) is 5.92 Å². The Labute approximate surface area is 166 Å². The molecule has 8 heteroatoms. The predicted molar refractivity (Wildman–Crippen MR) is 100 cm³/mol. The van der Waals surface area contributed by atoms with Crippen LogP contribution in [0.1, 0.15) is 44.2 Å². The number of carbonyl (C=O) groups is 3. The Kier molecular flexibility index (Phi) is 4.33. The van der Waals surface area contributed by atoms with E-state index >= 15 is 0 Å². The van der Waals surface area contributed by atoms with Crippen LogP contribution in [0.25, 0.3) is 0 Å². The Bertz CT molecular complexity index is 921. The zero-order valence-corrected chi connectivity index (χ0v) is 16.9. The van der Waals surface area contributed by atoms with E-state index in [0.29, 0.717) is 17.6 Å². The molecule has 0 N–H and O–H groups in total. The highest BCUT2D eigenvalue weighted by Gasteiger charge is 2.53. The number of likely N-dealkylation sites (tertiary alicyclic amines) is 1. The molecule has 2 aliphatic heterocycles. The van der Waals surface area contributed by atoms with Crippen molar-refractivity contribution in [2.75, 3.05) is 0 Å². The van der Waals surface area contributed by atoms with Crippen LogP contribution in [-0.4, -0.2) is 34.8 Å². The number of carbonyl (C=O) groups excluding carboxylic acids is 3. The quantitative estimate of drug-likeness (QED) is 0.427. The molecule has 1 fully saturated rings. The van der Waals surface area contributed by atoms with Gasteiger partial charge in [-0.25, -0.2) is 14.5 Å². The number of cyclic esters (lactones) is 1. The van der Waals surface area contributed by atoms with Crippen molar-refractivity contribution in [3.8, 4) is 0 Å². The molecule has 0 saturated carbocycles. The summed E-state index contributed by atoms with van der Waals surface area (Å²) in [5.41, 5.74) is 1.10. The first kappa shape index (κ1) is 18.7. The largest absolute Gasteiger partial charge is 0.458 e. The number of amides is 2. The number of rotatable bonds is 2. The fraction of sp³-hybridized carbons (Fsp3) is 0.450. The molecule has 4 rings (SSSR count). The van der Waals surface area contributed by atoms with Crippen LogP contribution in [-0.2, 0) is 30.2 Å². The topological polar surface area (TPSA) is 82.1 Å². The maximum Gasteiger partial charge on any atom is 0.417 e. The Balaban J connectivity index is 1.63. The van der Waals surface area contributed by atoms with Crippen molar-refractivity contribution in [3.05, 3.63) is 45.4 Å². The van der Waals surface area contributed by atoms with Gasteiger partial charge in [-0.05, 0) is 51.1 Å². The molecule has 2 amide bonds. The smallest absolute Gasteiger partial charge is 0.417 e. The molecule has 0 bridgehead atoms. The van der Waals surface area contributed by atoms with Crippen molar-refractivity contribution in [1.29, 1.82) is 0 Å². The van der Waals surface area contributed by atoms with Crippen molar-refractivity contribution >= 4 is 29.3 Å². The lowest BCUT2D eigenvalue weighted by Crippen LogP contribution is -2.39. The maximum atomic E-state index is 13.1. The van der Waals surface area contributed by atoms with Crippen LogP contribution in [0.5, 0.6) is 0 Å². The molecule has 0 radical (unpaired) electrons. The molecule has 3 aliphatic rings. The van der Waals surface area contributed by atoms with E-state index in [1.807, 2.05) is 11.4 Å². The van der Waals surface area contributed by atoms with Gasteiger partial charge in [-0.15, -0.1) is 11.3 Å². The summed E-state index contributed by atoms with van der Waals surface area (Å²) in [6.45, 7) is 6.92. The van der Waals surface area contributed by atoms with Crippen LogP contribution in [0, 0.1) is 5.92 Å². The van der Waals surface area contributed by atoms with Gasteiger partial charge in [0.1, 0.15) is 5.60 Å². The van der Waals surface area contributed by atoms with Crippen LogP contribution in [0.15, 0.2) is 34.9 Å². The molecule has 0 unspecified atom stereocenters. The Hall–Kier alpha value is -2.61. The van der Waals surface area contributed by atoms with Gasteiger partial charge in [-0.3, -0.25) is 4.79 Å². The summed E-state index contributed by atoms with van der Waals surface area (Å²) in [7, 11) is 0. The first-order chi connectivity index (χ1) is 13.2. The number of thiophene rings is 1. The lowest BCUT2D eigenvalue weighted by Gasteiger charge is -2.26. The third-order valence-electron chi connectivity index (χ3n) is 4.88. The van der Waals surface area contributed by atoms with E-state index in [1.165, 1.54) is 11.2 Å². The molecule has 1 aromatic heterocycles. The average Bonchev–Trinajstić information content (AvgIpc) is 3.28. The summed E-state index contributed by atoms with van der Waals surface area (Å²) in [6, 6.07) is 1.55. The highest BCUT2D eigenvalue weighted by Crippen LogP contribution is 2.51. The molecule has 0 spiro atoms. The summed E-state index contributed by atoms with van der Waals surface area (Å²) >= 11 is 1.61. The van der Waals surface area contributed by atoms with Gasteiger partial charge in [0.2, 0.25) is 0 Å². The minimum Gasteiger partial charge on any atom is -0.458 e. The predicted octanol–water partition coefficient (Wildman–Crippen LogP) is 3.47. The zero-order valence-electron chi connectivity index (χ0n) is 16.1. The summed E-state index contributed by atoms with van der Waals surface area (Å²) in [5, 5.41) is 1.96. The van der Waals surface area contributed by atoms with Gasteiger partial charge in [0.25, 0.3) is 12.2 Å². The van der Waals surface area contributed by atoms with E-state index in [-0.39, 0.29) is 5.92 Å². The van der Waals surface area contributed by atoms with E-state index in [0.717, 1.165) is 10.4 Å². The van der Waals surface area contributed by atoms with E-state index in [4.69, 9.17) is 14.2 Å². The molecular weight excluding hydrogens is 382 g/mol. The second-order valence-electron chi connectivity index (χ2n) is 8.04. The van der Waals surface area contributed by atoms with Gasteiger partial charge in [-0.2, -0.15) is 0 Å². The van der Waals surface area contributed by atoms with Crippen LogP contribution < -0.4 is 0 Å². The Morgan fingerprint density at radius 1 is 1.36 bits per heavy atom. The number of hydrogen-bond donors (Lipinski definition) is 0. The molecule has 148 valence electrons. The summed E-state index contributed by atoms with van der Waals surface area (Å²) in [5.74, 6) is -1.09. The van der Waals surface area contributed by atoms with E-state index in [1.54, 1.807) is 45.1 Å². The third kappa shape index (κ3) is 3.11. The molecule has 1 aliphatic carbocycles. The third-order valence-corrected chi connectivity index (χ3v) is 5.84. The molecule has 3 heterocycles. The minimum atomic E-state index is -0.864. The highest BCUT2D eigenvalue weighted by molar-refractivity contribution is 7.10. The van der Waals surface area contributed by atoms with Gasteiger partial charge >= 0.3 is 12.1 Å². The molecule has 1 aromatic rings. The summed E-state index contributed by atoms with van der Waals surface area (Å²) < 4.78 is 16.1. The molecule has 1 saturated heterocycles. The SMILES string of the molecule is CC1=C[C@H](O/C=C2/C(=O)N(C(=O)OC(C)(C)C)[C@@H]3c4ccsc4C[C@H]23)OC1=O. The van der Waals surface area contributed by atoms with Gasteiger partial charge < -0.3 is 14.2 Å². The van der Waals surface area contributed by atoms with Crippen LogP contribution in [0.4, 0.5) is 4.79 Å². The molecule has 7 nitrogen and oxygen atoms in total. The van der Waals surface area contributed by atoms with Crippen LogP contribution >= 0.6 is 11.3 Å². The van der Waals surface area contributed by atoms with Gasteiger partial charge in [-0.1, -0.05) is 0 Å². The van der Waals surface area contributed by atoms with Crippen molar-refractivity contribution < 1.29 is 28.6 Å². The van der Waals surface area contributed by atoms with Crippen molar-refractivity contribution in [1.82, 2.24) is 4.90 Å².